The van der Waals surface area contributed by atoms with Gasteiger partial charge in [0.2, 0.25) is 0 Å². The Morgan fingerprint density at radius 2 is 1.94 bits per heavy atom. The zero-order valence-corrected chi connectivity index (χ0v) is 11.0. The standard InChI is InChI=1S/C12H8BrClN2O/c13-8-5-6-15-11(7-8)12(17)16-10-3-1-9(14)2-4-10/h1-7H,(H,16,17). The number of anilines is 1. The molecule has 3 nitrogen and oxygen atoms in total. The van der Waals surface area contributed by atoms with Crippen LogP contribution in [0.1, 0.15) is 10.5 Å². The zero-order valence-electron chi connectivity index (χ0n) is 8.65. The van der Waals surface area contributed by atoms with E-state index in [9.17, 15) is 4.79 Å². The van der Waals surface area contributed by atoms with Gasteiger partial charge < -0.3 is 5.32 Å². The molecule has 0 bridgehead atoms. The third-order valence-corrected chi connectivity index (χ3v) is 2.80. The van der Waals surface area contributed by atoms with Crippen LogP contribution in [-0.4, -0.2) is 10.9 Å². The van der Waals surface area contributed by atoms with E-state index in [0.717, 1.165) is 4.47 Å². The van der Waals surface area contributed by atoms with Gasteiger partial charge in [-0.3, -0.25) is 9.78 Å². The Morgan fingerprint density at radius 1 is 1.24 bits per heavy atom. The number of nitrogens with one attached hydrogen (secondary N) is 1. The lowest BCUT2D eigenvalue weighted by molar-refractivity contribution is 0.102. The predicted molar refractivity (Wildman–Crippen MR) is 71.3 cm³/mol. The quantitative estimate of drug-likeness (QED) is 0.918. The molecule has 0 radical (unpaired) electrons. The summed E-state index contributed by atoms with van der Waals surface area (Å²) in [7, 11) is 0. The molecule has 1 N–H and O–H groups in total. The van der Waals surface area contributed by atoms with Crippen LogP contribution in [0.25, 0.3) is 0 Å². The molecule has 0 fully saturated rings. The number of halogens is 2. The minimum absolute atomic E-state index is 0.256. The fourth-order valence-corrected chi connectivity index (χ4v) is 1.72. The predicted octanol–water partition coefficient (Wildman–Crippen LogP) is 3.75. The highest BCUT2D eigenvalue weighted by Crippen LogP contribution is 2.15. The van der Waals surface area contributed by atoms with Crippen molar-refractivity contribution in [3.63, 3.8) is 0 Å². The molecule has 1 aromatic heterocycles. The van der Waals surface area contributed by atoms with Crippen molar-refractivity contribution >= 4 is 39.1 Å². The van der Waals surface area contributed by atoms with Gasteiger partial charge in [-0.1, -0.05) is 27.5 Å². The molecular weight excluding hydrogens is 304 g/mol. The fourth-order valence-electron chi connectivity index (χ4n) is 1.26. The SMILES string of the molecule is O=C(Nc1ccc(Cl)cc1)c1cc(Br)ccn1. The average Bonchev–Trinajstić information content (AvgIpc) is 2.32. The van der Waals surface area contributed by atoms with Crippen molar-refractivity contribution in [2.75, 3.05) is 5.32 Å². The molecule has 17 heavy (non-hydrogen) atoms. The minimum atomic E-state index is -0.256. The number of benzene rings is 1. The van der Waals surface area contributed by atoms with Gasteiger partial charge in [0.1, 0.15) is 5.69 Å². The maximum Gasteiger partial charge on any atom is 0.274 e. The highest BCUT2D eigenvalue weighted by Gasteiger charge is 2.07. The van der Waals surface area contributed by atoms with Crippen LogP contribution < -0.4 is 5.32 Å². The first-order valence-corrected chi connectivity index (χ1v) is 6.01. The van der Waals surface area contributed by atoms with Gasteiger partial charge in [0.05, 0.1) is 0 Å². The Morgan fingerprint density at radius 3 is 2.59 bits per heavy atom. The molecule has 2 aromatic rings. The smallest absolute Gasteiger partial charge is 0.274 e. The molecule has 0 atom stereocenters. The number of carbonyl (C=O) groups is 1. The van der Waals surface area contributed by atoms with Crippen LogP contribution in [0.5, 0.6) is 0 Å². The van der Waals surface area contributed by atoms with Crippen molar-refractivity contribution in [2.45, 2.75) is 0 Å². The van der Waals surface area contributed by atoms with Crippen molar-refractivity contribution in [1.29, 1.82) is 0 Å². The van der Waals surface area contributed by atoms with Crippen molar-refractivity contribution in [2.24, 2.45) is 0 Å². The van der Waals surface area contributed by atoms with Crippen LogP contribution in [0.15, 0.2) is 47.1 Å². The van der Waals surface area contributed by atoms with E-state index in [1.807, 2.05) is 0 Å². The normalized spacial score (nSPS) is 10.0. The van der Waals surface area contributed by atoms with Gasteiger partial charge in [-0.05, 0) is 36.4 Å². The Hall–Kier alpha value is -1.39. The highest BCUT2D eigenvalue weighted by atomic mass is 79.9. The number of nitrogens with zero attached hydrogens (tertiary/aromatic N) is 1. The molecule has 0 aliphatic carbocycles. The molecule has 86 valence electrons. The maximum atomic E-state index is 11.8. The molecule has 5 heteroatoms. The molecule has 0 saturated heterocycles. The van der Waals surface area contributed by atoms with Crippen LogP contribution in [-0.2, 0) is 0 Å². The van der Waals surface area contributed by atoms with E-state index < -0.39 is 0 Å². The summed E-state index contributed by atoms with van der Waals surface area (Å²) in [5.74, 6) is -0.256. The van der Waals surface area contributed by atoms with Crippen molar-refractivity contribution in [1.82, 2.24) is 4.98 Å². The topological polar surface area (TPSA) is 42.0 Å². The first kappa shape index (κ1) is 12.1. The number of rotatable bonds is 2. The second-order valence-electron chi connectivity index (χ2n) is 3.32. The van der Waals surface area contributed by atoms with Crippen molar-refractivity contribution in [3.05, 3.63) is 57.8 Å². The van der Waals surface area contributed by atoms with Crippen molar-refractivity contribution < 1.29 is 4.79 Å². The number of aromatic nitrogens is 1. The summed E-state index contributed by atoms with van der Waals surface area (Å²) < 4.78 is 0.814. The van der Waals surface area contributed by atoms with E-state index >= 15 is 0 Å². The number of hydrogen-bond acceptors (Lipinski definition) is 2. The summed E-state index contributed by atoms with van der Waals surface area (Å²) in [6.07, 6.45) is 1.57. The monoisotopic (exact) mass is 310 g/mol. The lowest BCUT2D eigenvalue weighted by Gasteiger charge is -2.04. The molecule has 0 aliphatic rings. The maximum absolute atomic E-state index is 11.8. The third-order valence-electron chi connectivity index (χ3n) is 2.06. The average molecular weight is 312 g/mol. The molecule has 2 rings (SSSR count). The van der Waals surface area contributed by atoms with Crippen molar-refractivity contribution in [3.8, 4) is 0 Å². The fraction of sp³-hybridized carbons (Fsp3) is 0. The summed E-state index contributed by atoms with van der Waals surface area (Å²) >= 11 is 9.04. The van der Waals surface area contributed by atoms with Crippen LogP contribution in [0.2, 0.25) is 5.02 Å². The summed E-state index contributed by atoms with van der Waals surface area (Å²) in [6.45, 7) is 0. The Kier molecular flexibility index (Phi) is 3.76. The third kappa shape index (κ3) is 3.28. The van der Waals surface area contributed by atoms with Gasteiger partial charge in [-0.25, -0.2) is 0 Å². The minimum Gasteiger partial charge on any atom is -0.321 e. The summed E-state index contributed by atoms with van der Waals surface area (Å²) in [6, 6.07) is 10.3. The summed E-state index contributed by atoms with van der Waals surface area (Å²) in [4.78, 5) is 15.8. The summed E-state index contributed by atoms with van der Waals surface area (Å²) in [5.41, 5.74) is 1.04. The number of amides is 1. The van der Waals surface area contributed by atoms with Gasteiger partial charge >= 0.3 is 0 Å². The molecule has 0 saturated carbocycles. The van der Waals surface area contributed by atoms with Gasteiger partial charge in [0.15, 0.2) is 0 Å². The largest absolute Gasteiger partial charge is 0.321 e. The van der Waals surface area contributed by atoms with Crippen LogP contribution in [0, 0.1) is 0 Å². The Labute approximate surface area is 112 Å². The molecule has 1 aromatic carbocycles. The van der Waals surface area contributed by atoms with Gasteiger partial charge in [-0.2, -0.15) is 0 Å². The molecular formula is C12H8BrClN2O. The lowest BCUT2D eigenvalue weighted by atomic mass is 10.3. The van der Waals surface area contributed by atoms with E-state index in [4.69, 9.17) is 11.6 Å². The zero-order chi connectivity index (χ0) is 12.3. The van der Waals surface area contributed by atoms with E-state index in [-0.39, 0.29) is 5.91 Å². The first-order chi connectivity index (χ1) is 8.15. The van der Waals surface area contributed by atoms with E-state index in [1.54, 1.807) is 42.6 Å². The van der Waals surface area contributed by atoms with Crippen LogP contribution in [0.3, 0.4) is 0 Å². The molecule has 0 unspecified atom stereocenters. The first-order valence-electron chi connectivity index (χ1n) is 4.83. The summed E-state index contributed by atoms with van der Waals surface area (Å²) in [5, 5.41) is 3.36. The number of pyridine rings is 1. The number of hydrogen-bond donors (Lipinski definition) is 1. The molecule has 1 amide bonds. The van der Waals surface area contributed by atoms with E-state index in [2.05, 4.69) is 26.2 Å². The van der Waals surface area contributed by atoms with Crippen LogP contribution in [0.4, 0.5) is 5.69 Å². The van der Waals surface area contributed by atoms with E-state index in [0.29, 0.717) is 16.4 Å². The molecule has 1 heterocycles. The Balaban J connectivity index is 2.14. The number of carbonyl (C=O) groups excluding carboxylic acids is 1. The Bertz CT molecular complexity index is 542. The second kappa shape index (κ2) is 5.29. The highest BCUT2D eigenvalue weighted by molar-refractivity contribution is 9.10. The van der Waals surface area contributed by atoms with Gasteiger partial charge in [0, 0.05) is 21.4 Å². The lowest BCUT2D eigenvalue weighted by Crippen LogP contribution is -2.13. The molecule has 0 spiro atoms. The molecule has 0 aliphatic heterocycles. The van der Waals surface area contributed by atoms with Crippen LogP contribution >= 0.6 is 27.5 Å². The second-order valence-corrected chi connectivity index (χ2v) is 4.67. The van der Waals surface area contributed by atoms with Gasteiger partial charge in [-0.15, -0.1) is 0 Å². The van der Waals surface area contributed by atoms with E-state index in [1.165, 1.54) is 0 Å². The van der Waals surface area contributed by atoms with Gasteiger partial charge in [0.25, 0.3) is 5.91 Å².